The third-order valence-corrected chi connectivity index (χ3v) is 2.11. The summed E-state index contributed by atoms with van der Waals surface area (Å²) in [5, 5.41) is 6.56. The van der Waals surface area contributed by atoms with E-state index < -0.39 is 0 Å². The van der Waals surface area contributed by atoms with Crippen LogP contribution in [0.5, 0.6) is 0 Å². The van der Waals surface area contributed by atoms with Crippen molar-refractivity contribution in [1.82, 2.24) is 10.6 Å². The molecular weight excluding hydrogens is 192 g/mol. The van der Waals surface area contributed by atoms with Crippen LogP contribution in [0.3, 0.4) is 0 Å². The molecule has 90 valence electrons. The molecule has 0 aromatic heterocycles. The van der Waals surface area contributed by atoms with Crippen LogP contribution in [0, 0.1) is 0 Å². The van der Waals surface area contributed by atoms with Crippen molar-refractivity contribution >= 4 is 6.47 Å². The molecule has 0 bridgehead atoms. The zero-order valence-electron chi connectivity index (χ0n) is 10.3. The molecule has 0 radical (unpaired) electrons. The van der Waals surface area contributed by atoms with E-state index in [4.69, 9.17) is 0 Å². The standard InChI is InChI=1S/C6H14N2.C5H10O2/c1-7-6-3-2-4-8-5-6;1-5(2,3)7-4-6/h6-8H,2-5H2,1H3;4H,1-3H3/t6-;/m1./s1. The van der Waals surface area contributed by atoms with Crippen LogP contribution >= 0.6 is 0 Å². The molecule has 1 heterocycles. The van der Waals surface area contributed by atoms with E-state index in [1.54, 1.807) is 0 Å². The van der Waals surface area contributed by atoms with Gasteiger partial charge in [0.2, 0.25) is 0 Å². The Morgan fingerprint density at radius 2 is 2.13 bits per heavy atom. The average Bonchev–Trinajstić information content (AvgIpc) is 2.18. The zero-order chi connectivity index (χ0) is 11.7. The Balaban J connectivity index is 0.000000265. The fourth-order valence-electron chi connectivity index (χ4n) is 1.24. The van der Waals surface area contributed by atoms with E-state index in [1.165, 1.54) is 19.4 Å². The summed E-state index contributed by atoms with van der Waals surface area (Å²) >= 11 is 0. The van der Waals surface area contributed by atoms with E-state index in [2.05, 4.69) is 15.4 Å². The SMILES string of the molecule is CC(C)(C)OC=O.CN[C@@H]1CCCNC1. The van der Waals surface area contributed by atoms with Crippen molar-refractivity contribution in [3.8, 4) is 0 Å². The van der Waals surface area contributed by atoms with E-state index in [1.807, 2.05) is 27.8 Å². The first-order chi connectivity index (χ1) is 6.99. The quantitative estimate of drug-likeness (QED) is 0.674. The number of carbonyl (C=O) groups is 1. The second kappa shape index (κ2) is 7.65. The molecule has 15 heavy (non-hydrogen) atoms. The van der Waals surface area contributed by atoms with Gasteiger partial charge in [-0.05, 0) is 47.2 Å². The number of likely N-dealkylation sites (N-methyl/N-ethyl adjacent to an activating group) is 1. The van der Waals surface area contributed by atoms with Crippen molar-refractivity contribution < 1.29 is 9.53 Å². The van der Waals surface area contributed by atoms with Crippen molar-refractivity contribution in [2.24, 2.45) is 0 Å². The molecule has 1 aliphatic heterocycles. The summed E-state index contributed by atoms with van der Waals surface area (Å²) in [4.78, 5) is 9.60. The second-order valence-corrected chi connectivity index (χ2v) is 4.66. The summed E-state index contributed by atoms with van der Waals surface area (Å²) < 4.78 is 4.55. The topological polar surface area (TPSA) is 50.4 Å². The Bertz CT molecular complexity index is 160. The van der Waals surface area contributed by atoms with Crippen LogP contribution in [0.2, 0.25) is 0 Å². The number of nitrogens with one attached hydrogen (secondary N) is 2. The van der Waals surface area contributed by atoms with Crippen LogP contribution in [0.25, 0.3) is 0 Å². The first-order valence-electron chi connectivity index (χ1n) is 5.49. The second-order valence-electron chi connectivity index (χ2n) is 4.66. The fourth-order valence-corrected chi connectivity index (χ4v) is 1.24. The van der Waals surface area contributed by atoms with Gasteiger partial charge in [0.25, 0.3) is 6.47 Å². The number of piperidine rings is 1. The van der Waals surface area contributed by atoms with Crippen LogP contribution in [0.1, 0.15) is 33.6 Å². The highest BCUT2D eigenvalue weighted by Gasteiger charge is 2.08. The monoisotopic (exact) mass is 216 g/mol. The van der Waals surface area contributed by atoms with Gasteiger partial charge < -0.3 is 15.4 Å². The molecule has 0 aromatic carbocycles. The Labute approximate surface area is 92.8 Å². The fraction of sp³-hybridized carbons (Fsp3) is 0.909. The first kappa shape index (κ1) is 14.4. The number of hydrogen-bond acceptors (Lipinski definition) is 4. The number of rotatable bonds is 2. The maximum absolute atomic E-state index is 9.60. The highest BCUT2D eigenvalue weighted by atomic mass is 16.5. The molecule has 1 aliphatic rings. The highest BCUT2D eigenvalue weighted by molar-refractivity contribution is 5.37. The Hall–Kier alpha value is -0.610. The maximum atomic E-state index is 9.60. The number of carbonyl (C=O) groups excluding carboxylic acids is 1. The van der Waals surface area contributed by atoms with Crippen LogP contribution in [0.4, 0.5) is 0 Å². The summed E-state index contributed by atoms with van der Waals surface area (Å²) in [6.07, 6.45) is 2.66. The predicted molar refractivity (Wildman–Crippen MR) is 61.9 cm³/mol. The molecule has 0 amide bonds. The molecule has 0 spiro atoms. The molecular formula is C11H24N2O2. The van der Waals surface area contributed by atoms with Gasteiger partial charge >= 0.3 is 0 Å². The van der Waals surface area contributed by atoms with Gasteiger partial charge in [0, 0.05) is 12.6 Å². The third-order valence-electron chi connectivity index (χ3n) is 2.11. The molecule has 4 nitrogen and oxygen atoms in total. The molecule has 0 aliphatic carbocycles. The zero-order valence-corrected chi connectivity index (χ0v) is 10.3. The lowest BCUT2D eigenvalue weighted by Crippen LogP contribution is -2.41. The Kier molecular flexibility index (Phi) is 7.34. The van der Waals surface area contributed by atoms with Gasteiger partial charge in [-0.2, -0.15) is 0 Å². The van der Waals surface area contributed by atoms with Gasteiger partial charge in [-0.1, -0.05) is 0 Å². The Morgan fingerprint density at radius 1 is 1.47 bits per heavy atom. The van der Waals surface area contributed by atoms with E-state index in [0.29, 0.717) is 6.47 Å². The predicted octanol–water partition coefficient (Wildman–Crippen LogP) is 0.916. The summed E-state index contributed by atoms with van der Waals surface area (Å²) in [5.41, 5.74) is -0.318. The van der Waals surface area contributed by atoms with Crippen molar-refractivity contribution in [2.45, 2.75) is 45.3 Å². The summed E-state index contributed by atoms with van der Waals surface area (Å²) in [5.74, 6) is 0. The first-order valence-corrected chi connectivity index (χ1v) is 5.49. The lowest BCUT2D eigenvalue weighted by molar-refractivity contribution is -0.138. The molecule has 1 fully saturated rings. The summed E-state index contributed by atoms with van der Waals surface area (Å²) in [7, 11) is 2.03. The summed E-state index contributed by atoms with van der Waals surface area (Å²) in [6, 6.07) is 0.726. The highest BCUT2D eigenvalue weighted by Crippen LogP contribution is 2.02. The molecule has 0 aromatic rings. The minimum Gasteiger partial charge on any atom is -0.462 e. The maximum Gasteiger partial charge on any atom is 0.293 e. The molecule has 1 rings (SSSR count). The van der Waals surface area contributed by atoms with Crippen LogP contribution in [-0.2, 0) is 9.53 Å². The number of ether oxygens (including phenoxy) is 1. The van der Waals surface area contributed by atoms with Crippen LogP contribution in [0.15, 0.2) is 0 Å². The van der Waals surface area contributed by atoms with E-state index in [9.17, 15) is 4.79 Å². The van der Waals surface area contributed by atoms with Gasteiger partial charge in [0.05, 0.1) is 0 Å². The van der Waals surface area contributed by atoms with E-state index >= 15 is 0 Å². The average molecular weight is 216 g/mol. The smallest absolute Gasteiger partial charge is 0.293 e. The van der Waals surface area contributed by atoms with E-state index in [-0.39, 0.29) is 5.60 Å². The molecule has 0 unspecified atom stereocenters. The lowest BCUT2D eigenvalue weighted by Gasteiger charge is -2.21. The van der Waals surface area contributed by atoms with Gasteiger partial charge in [-0.25, -0.2) is 0 Å². The molecule has 0 saturated carbocycles. The van der Waals surface area contributed by atoms with Crippen molar-refractivity contribution in [1.29, 1.82) is 0 Å². The van der Waals surface area contributed by atoms with Gasteiger partial charge in [-0.3, -0.25) is 4.79 Å². The van der Waals surface area contributed by atoms with Crippen LogP contribution < -0.4 is 10.6 Å². The lowest BCUT2D eigenvalue weighted by atomic mass is 10.1. The molecule has 1 atom stereocenters. The number of hydrogen-bond donors (Lipinski definition) is 2. The van der Waals surface area contributed by atoms with Crippen molar-refractivity contribution in [3.63, 3.8) is 0 Å². The summed E-state index contributed by atoms with van der Waals surface area (Å²) in [6.45, 7) is 8.28. The molecule has 2 N–H and O–H groups in total. The minimum absolute atomic E-state index is 0.318. The molecule has 1 saturated heterocycles. The van der Waals surface area contributed by atoms with Gasteiger partial charge in [-0.15, -0.1) is 0 Å². The van der Waals surface area contributed by atoms with Gasteiger partial charge in [0.1, 0.15) is 5.60 Å². The van der Waals surface area contributed by atoms with Crippen molar-refractivity contribution in [3.05, 3.63) is 0 Å². The Morgan fingerprint density at radius 3 is 2.33 bits per heavy atom. The van der Waals surface area contributed by atoms with Crippen LogP contribution in [-0.4, -0.2) is 38.3 Å². The van der Waals surface area contributed by atoms with Crippen molar-refractivity contribution in [2.75, 3.05) is 20.1 Å². The molecule has 4 heteroatoms. The normalized spacial score (nSPS) is 21.2. The third kappa shape index (κ3) is 9.69. The van der Waals surface area contributed by atoms with Gasteiger partial charge in [0.15, 0.2) is 0 Å². The van der Waals surface area contributed by atoms with E-state index in [0.717, 1.165) is 12.6 Å². The largest absolute Gasteiger partial charge is 0.462 e. The minimum atomic E-state index is -0.318.